The molecule has 0 aromatic heterocycles. The molecule has 0 radical (unpaired) electrons. The van der Waals surface area contributed by atoms with Gasteiger partial charge in [0.05, 0.1) is 0 Å². The molecule has 0 fully saturated rings. The summed E-state index contributed by atoms with van der Waals surface area (Å²) in [5.74, 6) is 0. The van der Waals surface area contributed by atoms with Gasteiger partial charge in [0.25, 0.3) is 0 Å². The zero-order valence-corrected chi connectivity index (χ0v) is 6.55. The van der Waals surface area contributed by atoms with Crippen LogP contribution in [0.15, 0.2) is 0 Å². The van der Waals surface area contributed by atoms with Crippen LogP contribution in [0.2, 0.25) is 0 Å². The van der Waals surface area contributed by atoms with E-state index in [2.05, 4.69) is 0 Å². The Balaban J connectivity index is -0.00000000381. The van der Waals surface area contributed by atoms with Crippen LogP contribution in [0.1, 0.15) is 0 Å². The van der Waals surface area contributed by atoms with E-state index in [1.807, 2.05) is 0 Å². The van der Waals surface area contributed by atoms with Crippen molar-refractivity contribution in [2.45, 2.75) is 0 Å². The third-order valence-corrected chi connectivity index (χ3v) is 0. The van der Waals surface area contributed by atoms with Crippen molar-refractivity contribution in [1.82, 2.24) is 0 Å². The van der Waals surface area contributed by atoms with E-state index in [1.54, 1.807) is 0 Å². The summed E-state index contributed by atoms with van der Waals surface area (Å²) in [7, 11) is -4.64. The van der Waals surface area contributed by atoms with Crippen molar-refractivity contribution < 1.29 is 58.2 Å². The van der Waals surface area contributed by atoms with Gasteiger partial charge in [0, 0.05) is 17.1 Å². The van der Waals surface area contributed by atoms with Crippen LogP contribution in [0.3, 0.4) is 0 Å². The number of phosphoric acid groups is 1. The second-order valence-corrected chi connectivity index (χ2v) is 1.54. The third kappa shape index (κ3) is 246. The number of hydrogen-bond acceptors (Lipinski definition) is 1. The van der Waals surface area contributed by atoms with E-state index in [1.165, 1.54) is 0 Å². The van der Waals surface area contributed by atoms with Crippen LogP contribution in [-0.2, 0) is 21.6 Å². The van der Waals surface area contributed by atoms with Crippen LogP contribution in [-0.4, -0.2) is 105 Å². The van der Waals surface area contributed by atoms with Crippen LogP contribution in [0.4, 0.5) is 0 Å². The van der Waals surface area contributed by atoms with Crippen molar-refractivity contribution in [3.05, 3.63) is 0 Å². The normalized spacial score (nSPS) is 4.92. The summed E-state index contributed by atoms with van der Waals surface area (Å²) < 4.78 is 8.88. The molecule has 0 aliphatic carbocycles. The first-order valence-electron chi connectivity index (χ1n) is 0.783. The molecule has 0 heterocycles. The van der Waals surface area contributed by atoms with Gasteiger partial charge in [0.1, 0.15) is 0 Å². The minimum absolute atomic E-state index is 0. The Bertz CT molecular complexity index is 65.2. The van der Waals surface area contributed by atoms with Gasteiger partial charge in [-0.05, 0) is 0 Å². The molecule has 0 amide bonds. The Morgan fingerprint density at radius 2 is 0.833 bits per heavy atom. The molecule has 12 heteroatoms. The van der Waals surface area contributed by atoms with Crippen molar-refractivity contribution in [2.24, 2.45) is 0 Å². The van der Waals surface area contributed by atoms with E-state index in [-0.39, 0.29) is 108 Å². The molecule has 0 aliphatic rings. The van der Waals surface area contributed by atoms with Gasteiger partial charge >= 0.3 is 59.2 Å². The minimum atomic E-state index is -4.64. The monoisotopic (exact) mass is 296 g/mol. The quantitative estimate of drug-likeness (QED) is 0.294. The first-order valence-corrected chi connectivity index (χ1v) is 2.35. The van der Waals surface area contributed by atoms with Gasteiger partial charge < -0.3 is 36.6 Å². The molecule has 8 nitrogen and oxygen atoms in total. The fourth-order valence-corrected chi connectivity index (χ4v) is 0. The predicted molar refractivity (Wildman–Crippen MR) is 45.8 cm³/mol. The molecule has 0 saturated heterocycles. The number of hydrogen-bond donors (Lipinski definition) is 3. The molecule has 0 aliphatic heterocycles. The fraction of sp³-hybridized carbons (Fsp3) is 0. The van der Waals surface area contributed by atoms with Gasteiger partial charge in [-0.3, -0.25) is 0 Å². The second kappa shape index (κ2) is 29.2. The first-order chi connectivity index (χ1) is 2.00. The molecule has 80 valence electrons. The molecule has 0 aromatic rings. The molecule has 0 bridgehead atoms. The van der Waals surface area contributed by atoms with Crippen molar-refractivity contribution in [3.8, 4) is 0 Å². The zero-order valence-electron chi connectivity index (χ0n) is 4.55. The Morgan fingerprint density at radius 1 is 0.833 bits per heavy atom. The summed E-state index contributed by atoms with van der Waals surface area (Å²) in [4.78, 5) is 21.6. The van der Waals surface area contributed by atoms with Gasteiger partial charge in [-0.2, -0.15) is 0 Å². The zero-order chi connectivity index (χ0) is 4.50. The summed E-state index contributed by atoms with van der Waals surface area (Å²) in [5.41, 5.74) is 0. The maximum absolute atomic E-state index is 8.88. The van der Waals surface area contributed by atoms with Gasteiger partial charge in [0.15, 0.2) is 17.4 Å². The number of rotatable bonds is 0. The predicted octanol–water partition coefficient (Wildman–Crippen LogP) is -6.06. The van der Waals surface area contributed by atoms with Crippen molar-refractivity contribution in [1.29, 1.82) is 0 Å². The third-order valence-electron chi connectivity index (χ3n) is 0. The van der Waals surface area contributed by atoms with Crippen LogP contribution < -0.4 is 0 Å². The Labute approximate surface area is 133 Å². The second-order valence-electron chi connectivity index (χ2n) is 0.513. The van der Waals surface area contributed by atoms with E-state index in [4.69, 9.17) is 19.2 Å². The average Bonchev–Trinajstić information content (AvgIpc) is 0.722. The van der Waals surface area contributed by atoms with Gasteiger partial charge in [-0.1, -0.05) is 0 Å². The Morgan fingerprint density at radius 3 is 0.833 bits per heavy atom. The topological polar surface area (TPSA) is 204 Å². The fourth-order valence-electron chi connectivity index (χ4n) is 0. The standard InChI is InChI=1S/Al.Fe.K.H3O4P.4H2O.4H/c;;;1-5(2,3)4;;;;;;;;/h;;;(H3,1,2,3,4);4*1H2;;;;. The molecule has 11 N–H and O–H groups in total. The van der Waals surface area contributed by atoms with E-state index in [9.17, 15) is 0 Å². The summed E-state index contributed by atoms with van der Waals surface area (Å²) in [6, 6.07) is 0. The molecular weight excluding hydrogens is 281 g/mol. The molecule has 0 unspecified atom stereocenters. The SMILES string of the molecule is O.O.O.O.O=P(O)(O)O.[AlH3].[Fe].[KH]. The van der Waals surface area contributed by atoms with E-state index in [0.717, 1.165) is 0 Å². The maximum atomic E-state index is 8.88. The van der Waals surface area contributed by atoms with Crippen LogP contribution in [0, 0.1) is 0 Å². The van der Waals surface area contributed by atoms with Crippen LogP contribution in [0.5, 0.6) is 0 Å². The van der Waals surface area contributed by atoms with Crippen molar-refractivity contribution in [3.63, 3.8) is 0 Å². The summed E-state index contributed by atoms with van der Waals surface area (Å²) >= 11 is 0. The van der Waals surface area contributed by atoms with Crippen LogP contribution in [0.25, 0.3) is 0 Å². The molecule has 0 saturated carbocycles. The molecule has 0 atom stereocenters. The average molecular weight is 296 g/mol. The summed E-state index contributed by atoms with van der Waals surface area (Å²) in [6.07, 6.45) is 0. The summed E-state index contributed by atoms with van der Waals surface area (Å²) in [6.45, 7) is 0. The van der Waals surface area contributed by atoms with E-state index < -0.39 is 7.82 Å². The van der Waals surface area contributed by atoms with Crippen molar-refractivity contribution >= 4 is 76.6 Å². The van der Waals surface area contributed by atoms with Gasteiger partial charge in [-0.25, -0.2) is 4.57 Å². The van der Waals surface area contributed by atoms with E-state index >= 15 is 0 Å². The van der Waals surface area contributed by atoms with E-state index in [0.29, 0.717) is 0 Å². The Kier molecular flexibility index (Phi) is 150. The van der Waals surface area contributed by atoms with Crippen LogP contribution >= 0.6 is 7.82 Å². The Hall–Kier alpha value is 2.64. The molecule has 12 heavy (non-hydrogen) atoms. The molecular formula is H15AlFeKO8P. The molecule has 0 spiro atoms. The van der Waals surface area contributed by atoms with Gasteiger partial charge in [-0.15, -0.1) is 0 Å². The molecule has 0 aromatic carbocycles. The summed E-state index contributed by atoms with van der Waals surface area (Å²) in [5, 5.41) is 0. The first kappa shape index (κ1) is 61.8. The molecule has 0 rings (SSSR count). The van der Waals surface area contributed by atoms with Gasteiger partial charge in [0.2, 0.25) is 0 Å². The van der Waals surface area contributed by atoms with Crippen molar-refractivity contribution in [2.75, 3.05) is 0 Å².